The van der Waals surface area contributed by atoms with E-state index in [2.05, 4.69) is 12.2 Å². The summed E-state index contributed by atoms with van der Waals surface area (Å²) in [7, 11) is 0. The first-order valence-electron chi connectivity index (χ1n) is 7.77. The molecule has 2 aliphatic carbocycles. The Morgan fingerprint density at radius 1 is 1.16 bits per heavy atom. The lowest BCUT2D eigenvalue weighted by molar-refractivity contribution is 0.349. The molecule has 1 nitrogen and oxygen atoms in total. The van der Waals surface area contributed by atoms with Crippen LogP contribution in [0.5, 0.6) is 0 Å². The van der Waals surface area contributed by atoms with Crippen molar-refractivity contribution in [2.75, 3.05) is 6.54 Å². The first-order chi connectivity index (χ1) is 9.29. The zero-order valence-electron chi connectivity index (χ0n) is 11.7. The molecule has 1 unspecified atom stereocenters. The van der Waals surface area contributed by atoms with E-state index >= 15 is 0 Å². The van der Waals surface area contributed by atoms with Gasteiger partial charge in [-0.15, -0.1) is 0 Å². The molecule has 2 fully saturated rings. The van der Waals surface area contributed by atoms with Crippen LogP contribution in [0.15, 0.2) is 24.3 Å². The van der Waals surface area contributed by atoms with Crippen molar-refractivity contribution in [3.8, 4) is 0 Å². The van der Waals surface area contributed by atoms with Gasteiger partial charge in [0.1, 0.15) is 5.82 Å². The first kappa shape index (κ1) is 13.1. The number of hydrogen-bond donors (Lipinski definition) is 1. The van der Waals surface area contributed by atoms with E-state index in [1.54, 1.807) is 12.1 Å². The van der Waals surface area contributed by atoms with Crippen LogP contribution in [-0.2, 0) is 0 Å². The van der Waals surface area contributed by atoms with E-state index in [1.807, 2.05) is 12.1 Å². The molecular weight excluding hydrogens is 237 g/mol. The van der Waals surface area contributed by atoms with Crippen LogP contribution in [0, 0.1) is 23.6 Å². The van der Waals surface area contributed by atoms with Crippen molar-refractivity contribution in [2.45, 2.75) is 45.1 Å². The van der Waals surface area contributed by atoms with Crippen molar-refractivity contribution in [1.82, 2.24) is 5.32 Å². The molecule has 1 aromatic rings. The maximum Gasteiger partial charge on any atom is 0.127 e. The Morgan fingerprint density at radius 2 is 1.79 bits per heavy atom. The summed E-state index contributed by atoms with van der Waals surface area (Å²) in [5.74, 6) is 2.69. The number of hydrogen-bond acceptors (Lipinski definition) is 1. The van der Waals surface area contributed by atoms with Crippen LogP contribution in [0.4, 0.5) is 4.39 Å². The highest BCUT2D eigenvalue weighted by molar-refractivity contribution is 5.21. The van der Waals surface area contributed by atoms with E-state index in [1.165, 1.54) is 25.7 Å². The van der Waals surface area contributed by atoms with Gasteiger partial charge in [0.2, 0.25) is 0 Å². The third kappa shape index (κ3) is 3.17. The van der Waals surface area contributed by atoms with Crippen LogP contribution in [-0.4, -0.2) is 6.54 Å². The van der Waals surface area contributed by atoms with Gasteiger partial charge in [-0.25, -0.2) is 4.39 Å². The summed E-state index contributed by atoms with van der Waals surface area (Å²) in [5, 5.41) is 3.63. The summed E-state index contributed by atoms with van der Waals surface area (Å²) in [6.45, 7) is 3.20. The molecule has 2 aliphatic rings. The van der Waals surface area contributed by atoms with Gasteiger partial charge in [0.05, 0.1) is 0 Å². The van der Waals surface area contributed by atoms with Gasteiger partial charge in [0, 0.05) is 11.6 Å². The summed E-state index contributed by atoms with van der Waals surface area (Å²) < 4.78 is 13.9. The summed E-state index contributed by atoms with van der Waals surface area (Å²) >= 11 is 0. The van der Waals surface area contributed by atoms with Gasteiger partial charge in [0.25, 0.3) is 0 Å². The predicted octanol–water partition coefficient (Wildman–Crippen LogP) is 4.30. The molecule has 19 heavy (non-hydrogen) atoms. The Balaban J connectivity index is 1.61. The topological polar surface area (TPSA) is 12.0 Å². The minimum Gasteiger partial charge on any atom is -0.310 e. The minimum absolute atomic E-state index is 0.0729. The van der Waals surface area contributed by atoms with Crippen LogP contribution in [0.3, 0.4) is 0 Å². The Morgan fingerprint density at radius 3 is 2.32 bits per heavy atom. The fraction of sp³-hybridized carbons (Fsp3) is 0.647. The van der Waals surface area contributed by atoms with Crippen LogP contribution >= 0.6 is 0 Å². The molecule has 0 bridgehead atoms. The average Bonchev–Trinajstić information content (AvgIpc) is 3.28. The fourth-order valence-electron chi connectivity index (χ4n) is 3.28. The summed E-state index contributed by atoms with van der Waals surface area (Å²) in [4.78, 5) is 0. The molecule has 0 saturated heterocycles. The molecule has 0 spiro atoms. The monoisotopic (exact) mass is 261 g/mol. The number of benzene rings is 1. The van der Waals surface area contributed by atoms with E-state index in [-0.39, 0.29) is 11.9 Å². The summed E-state index contributed by atoms with van der Waals surface area (Å²) in [6.07, 6.45) is 6.61. The van der Waals surface area contributed by atoms with Crippen LogP contribution in [0.25, 0.3) is 0 Å². The summed E-state index contributed by atoms with van der Waals surface area (Å²) in [5.41, 5.74) is 0.829. The zero-order valence-corrected chi connectivity index (χ0v) is 11.7. The highest BCUT2D eigenvalue weighted by Gasteiger charge is 2.41. The third-order valence-electron chi connectivity index (χ3n) is 4.74. The van der Waals surface area contributed by atoms with E-state index in [0.29, 0.717) is 0 Å². The Labute approximate surface area is 115 Å². The minimum atomic E-state index is -0.0729. The number of rotatable bonds is 7. The zero-order chi connectivity index (χ0) is 13.2. The van der Waals surface area contributed by atoms with Crippen molar-refractivity contribution < 1.29 is 4.39 Å². The normalized spacial score (nSPS) is 20.8. The highest BCUT2D eigenvalue weighted by atomic mass is 19.1. The van der Waals surface area contributed by atoms with Gasteiger partial charge < -0.3 is 5.32 Å². The first-order valence-corrected chi connectivity index (χ1v) is 7.77. The lowest BCUT2D eigenvalue weighted by Crippen LogP contribution is -2.29. The molecule has 0 aliphatic heterocycles. The van der Waals surface area contributed by atoms with Gasteiger partial charge in [0.15, 0.2) is 0 Å². The second kappa shape index (κ2) is 5.62. The molecule has 0 heterocycles. The molecule has 0 radical (unpaired) electrons. The average molecular weight is 261 g/mol. The molecule has 3 rings (SSSR count). The predicted molar refractivity (Wildman–Crippen MR) is 76.4 cm³/mol. The number of halogens is 1. The lowest BCUT2D eigenvalue weighted by Gasteiger charge is -2.23. The quantitative estimate of drug-likeness (QED) is 0.771. The van der Waals surface area contributed by atoms with Crippen LogP contribution in [0.1, 0.15) is 50.6 Å². The van der Waals surface area contributed by atoms with Gasteiger partial charge in [-0.3, -0.25) is 0 Å². The molecular formula is C17H24FN. The molecule has 0 aromatic heterocycles. The summed E-state index contributed by atoms with van der Waals surface area (Å²) in [6, 6.07) is 7.35. The maximum absolute atomic E-state index is 13.9. The van der Waals surface area contributed by atoms with E-state index in [4.69, 9.17) is 0 Å². The largest absolute Gasteiger partial charge is 0.310 e. The molecule has 104 valence electrons. The Hall–Kier alpha value is -0.890. The smallest absolute Gasteiger partial charge is 0.127 e. The van der Waals surface area contributed by atoms with Crippen molar-refractivity contribution in [3.63, 3.8) is 0 Å². The van der Waals surface area contributed by atoms with Crippen molar-refractivity contribution in [3.05, 3.63) is 35.6 Å². The lowest BCUT2D eigenvalue weighted by atomic mass is 9.96. The second-order valence-corrected chi connectivity index (χ2v) is 6.23. The van der Waals surface area contributed by atoms with Gasteiger partial charge in [-0.1, -0.05) is 25.1 Å². The molecule has 2 saturated carbocycles. The second-order valence-electron chi connectivity index (χ2n) is 6.23. The SMILES string of the molecule is CCC(NCC(C1CC1)C1CC1)c1ccccc1F. The van der Waals surface area contributed by atoms with Crippen LogP contribution in [0.2, 0.25) is 0 Å². The van der Waals surface area contributed by atoms with Crippen molar-refractivity contribution in [2.24, 2.45) is 17.8 Å². The van der Waals surface area contributed by atoms with Crippen molar-refractivity contribution in [1.29, 1.82) is 0 Å². The van der Waals surface area contributed by atoms with E-state index in [9.17, 15) is 4.39 Å². The molecule has 2 heteroatoms. The molecule has 1 aromatic carbocycles. The van der Waals surface area contributed by atoms with Gasteiger partial charge >= 0.3 is 0 Å². The van der Waals surface area contributed by atoms with E-state index in [0.717, 1.165) is 36.3 Å². The maximum atomic E-state index is 13.9. The Bertz CT molecular complexity index is 411. The fourth-order valence-corrected chi connectivity index (χ4v) is 3.28. The molecule has 1 atom stereocenters. The highest BCUT2D eigenvalue weighted by Crippen LogP contribution is 2.49. The standard InChI is InChI=1S/C17H24FN/c1-2-17(14-5-3-4-6-16(14)18)19-11-15(12-7-8-12)13-9-10-13/h3-6,12-13,15,17,19H,2,7-11H2,1H3. The van der Waals surface area contributed by atoms with Gasteiger partial charge in [-0.05, 0) is 62.5 Å². The van der Waals surface area contributed by atoms with Crippen LogP contribution < -0.4 is 5.32 Å². The van der Waals surface area contributed by atoms with E-state index < -0.39 is 0 Å². The number of nitrogens with one attached hydrogen (secondary N) is 1. The molecule has 0 amide bonds. The molecule has 1 N–H and O–H groups in total. The Kier molecular flexibility index (Phi) is 3.88. The van der Waals surface area contributed by atoms with Crippen molar-refractivity contribution >= 4 is 0 Å². The third-order valence-corrected chi connectivity index (χ3v) is 4.74. The van der Waals surface area contributed by atoms with Gasteiger partial charge in [-0.2, -0.15) is 0 Å².